The molecule has 0 aromatic heterocycles. The summed E-state index contributed by atoms with van der Waals surface area (Å²) in [6.45, 7) is 1.69. The van der Waals surface area contributed by atoms with Crippen LogP contribution in [-0.4, -0.2) is 37.2 Å². The summed E-state index contributed by atoms with van der Waals surface area (Å²) in [7, 11) is 2.33. The zero-order valence-electron chi connectivity index (χ0n) is 12.5. The quantitative estimate of drug-likeness (QED) is 0.316. The van der Waals surface area contributed by atoms with Crippen molar-refractivity contribution >= 4 is 17.9 Å². The molecule has 0 saturated carbocycles. The summed E-state index contributed by atoms with van der Waals surface area (Å²) in [5.74, 6) is -0.157. The lowest BCUT2D eigenvalue weighted by molar-refractivity contribution is -0.168. The average Bonchev–Trinajstić information content (AvgIpc) is 2.44. The van der Waals surface area contributed by atoms with Gasteiger partial charge in [-0.1, -0.05) is 11.6 Å². The molecule has 0 atom stereocenters. The molecule has 0 aromatic rings. The van der Waals surface area contributed by atoms with E-state index in [1.165, 1.54) is 14.2 Å². The third-order valence-electron chi connectivity index (χ3n) is 2.99. The van der Waals surface area contributed by atoms with Gasteiger partial charge < -0.3 is 14.6 Å². The van der Waals surface area contributed by atoms with E-state index in [0.717, 1.165) is 0 Å². The van der Waals surface area contributed by atoms with E-state index in [1.54, 1.807) is 13.0 Å². The third kappa shape index (κ3) is 5.30. The first kappa shape index (κ1) is 18.7. The fourth-order valence-corrected chi connectivity index (χ4v) is 1.99. The second-order valence-electron chi connectivity index (χ2n) is 4.61. The molecule has 0 heterocycles. The fraction of sp³-hybridized carbons (Fsp3) is 0.533. The van der Waals surface area contributed by atoms with Crippen molar-refractivity contribution in [2.45, 2.75) is 32.6 Å². The minimum atomic E-state index is -1.60. The minimum absolute atomic E-state index is 0.0240. The van der Waals surface area contributed by atoms with Crippen LogP contribution in [-0.2, 0) is 23.9 Å². The topological polar surface area (TPSA) is 89.9 Å². The molecular formula is C15H20O6. The zero-order valence-corrected chi connectivity index (χ0v) is 12.5. The number of rotatable bonds is 8. The van der Waals surface area contributed by atoms with Gasteiger partial charge >= 0.3 is 17.9 Å². The van der Waals surface area contributed by atoms with Crippen LogP contribution in [0.3, 0.4) is 0 Å². The Kier molecular flexibility index (Phi) is 7.84. The van der Waals surface area contributed by atoms with Gasteiger partial charge in [0.05, 0.1) is 14.2 Å². The van der Waals surface area contributed by atoms with Crippen molar-refractivity contribution in [2.75, 3.05) is 14.2 Å². The van der Waals surface area contributed by atoms with Crippen molar-refractivity contribution in [3.05, 3.63) is 11.6 Å². The molecule has 21 heavy (non-hydrogen) atoms. The van der Waals surface area contributed by atoms with Crippen molar-refractivity contribution in [2.24, 2.45) is 5.41 Å². The molecule has 0 bridgehead atoms. The highest BCUT2D eigenvalue weighted by molar-refractivity contribution is 6.00. The lowest BCUT2D eigenvalue weighted by Crippen LogP contribution is -2.41. The van der Waals surface area contributed by atoms with Gasteiger partial charge in [0.1, 0.15) is 0 Å². The molecule has 0 aliphatic carbocycles. The van der Waals surface area contributed by atoms with Gasteiger partial charge in [-0.15, -0.1) is 12.3 Å². The molecule has 0 fully saturated rings. The number of hydrogen-bond donors (Lipinski definition) is 1. The van der Waals surface area contributed by atoms with Crippen molar-refractivity contribution in [3.63, 3.8) is 0 Å². The van der Waals surface area contributed by atoms with Gasteiger partial charge in [0.2, 0.25) is 0 Å². The highest BCUT2D eigenvalue weighted by Crippen LogP contribution is 2.33. The van der Waals surface area contributed by atoms with E-state index in [9.17, 15) is 14.4 Å². The van der Waals surface area contributed by atoms with Crippen LogP contribution in [0.2, 0.25) is 0 Å². The molecule has 1 N–H and O–H groups in total. The van der Waals surface area contributed by atoms with Crippen LogP contribution in [0, 0.1) is 17.8 Å². The highest BCUT2D eigenvalue weighted by atomic mass is 16.5. The molecule has 0 aromatic carbocycles. The number of ether oxygens (including phenoxy) is 2. The maximum Gasteiger partial charge on any atom is 0.324 e. The van der Waals surface area contributed by atoms with Crippen LogP contribution in [0.1, 0.15) is 32.6 Å². The number of carbonyl (C=O) groups excluding carboxylic acids is 2. The Labute approximate surface area is 124 Å². The maximum atomic E-state index is 12.0. The van der Waals surface area contributed by atoms with Gasteiger partial charge in [-0.3, -0.25) is 14.4 Å². The standard InChI is InChI=1S/C15H20O6/c1-5-9-15(13(18)20-3,14(19)21-4)10-11(2)7-6-8-12(16)17/h1,7H,6,8-10H2,2-4H3,(H,16,17)/b11-7-. The van der Waals surface area contributed by atoms with Gasteiger partial charge in [0.25, 0.3) is 0 Å². The summed E-state index contributed by atoms with van der Waals surface area (Å²) in [4.78, 5) is 34.5. The molecule has 6 heteroatoms. The first-order chi connectivity index (χ1) is 9.83. The monoisotopic (exact) mass is 296 g/mol. The average molecular weight is 296 g/mol. The third-order valence-corrected chi connectivity index (χ3v) is 2.99. The van der Waals surface area contributed by atoms with Crippen LogP contribution in [0.15, 0.2) is 11.6 Å². The van der Waals surface area contributed by atoms with Gasteiger partial charge in [0.15, 0.2) is 5.41 Å². The number of hydrogen-bond acceptors (Lipinski definition) is 5. The number of allylic oxidation sites excluding steroid dienone is 2. The van der Waals surface area contributed by atoms with E-state index in [2.05, 4.69) is 15.4 Å². The Balaban J connectivity index is 5.31. The molecule has 0 amide bonds. The van der Waals surface area contributed by atoms with E-state index >= 15 is 0 Å². The summed E-state index contributed by atoms with van der Waals surface area (Å²) in [5, 5.41) is 8.59. The highest BCUT2D eigenvalue weighted by Gasteiger charge is 2.47. The van der Waals surface area contributed by atoms with E-state index in [-0.39, 0.29) is 19.3 Å². The van der Waals surface area contributed by atoms with Crippen molar-refractivity contribution in [1.29, 1.82) is 0 Å². The van der Waals surface area contributed by atoms with E-state index < -0.39 is 23.3 Å². The van der Waals surface area contributed by atoms with Crippen LogP contribution >= 0.6 is 0 Å². The first-order valence-electron chi connectivity index (χ1n) is 6.31. The molecule has 0 unspecified atom stereocenters. The number of esters is 2. The number of carbonyl (C=O) groups is 3. The van der Waals surface area contributed by atoms with Crippen molar-refractivity contribution in [3.8, 4) is 12.3 Å². The minimum Gasteiger partial charge on any atom is -0.481 e. The summed E-state index contributed by atoms with van der Waals surface area (Å²) >= 11 is 0. The fourth-order valence-electron chi connectivity index (χ4n) is 1.99. The number of methoxy groups -OCH3 is 2. The summed E-state index contributed by atoms with van der Waals surface area (Å²) in [6.07, 6.45) is 7.05. The largest absolute Gasteiger partial charge is 0.481 e. The van der Waals surface area contributed by atoms with Gasteiger partial charge in [0, 0.05) is 12.8 Å². The Morgan fingerprint density at radius 3 is 2.14 bits per heavy atom. The molecule has 116 valence electrons. The smallest absolute Gasteiger partial charge is 0.324 e. The Morgan fingerprint density at radius 2 is 1.76 bits per heavy atom. The Bertz CT molecular complexity index is 453. The normalized spacial score (nSPS) is 11.4. The molecule has 0 spiro atoms. The van der Waals surface area contributed by atoms with Crippen LogP contribution < -0.4 is 0 Å². The zero-order chi connectivity index (χ0) is 16.5. The van der Waals surface area contributed by atoms with Crippen LogP contribution in [0.25, 0.3) is 0 Å². The molecule has 0 saturated heterocycles. The summed E-state index contributed by atoms with van der Waals surface area (Å²) < 4.78 is 9.36. The Hall–Kier alpha value is -2.29. The van der Waals surface area contributed by atoms with Crippen molar-refractivity contribution in [1.82, 2.24) is 0 Å². The number of aliphatic carboxylic acids is 1. The van der Waals surface area contributed by atoms with Crippen LogP contribution in [0.4, 0.5) is 0 Å². The number of carboxylic acids is 1. The molecule has 0 aliphatic rings. The van der Waals surface area contributed by atoms with Gasteiger partial charge in [-0.25, -0.2) is 0 Å². The second kappa shape index (κ2) is 8.80. The molecule has 6 nitrogen and oxygen atoms in total. The van der Waals surface area contributed by atoms with E-state index in [1.807, 2.05) is 0 Å². The van der Waals surface area contributed by atoms with Crippen molar-refractivity contribution < 1.29 is 29.0 Å². The summed E-state index contributed by atoms with van der Waals surface area (Å²) in [5.41, 5.74) is -0.926. The van der Waals surface area contributed by atoms with Crippen LogP contribution in [0.5, 0.6) is 0 Å². The molecule has 0 rings (SSSR count). The maximum absolute atomic E-state index is 12.0. The SMILES string of the molecule is C#CCC(C/C(C)=C\CCC(=O)O)(C(=O)OC)C(=O)OC. The predicted molar refractivity (Wildman–Crippen MR) is 75.2 cm³/mol. The molecule has 0 aliphatic heterocycles. The predicted octanol–water partition coefficient (Wildman–Crippen LogP) is 1.54. The number of terminal acetylenes is 1. The summed E-state index contributed by atoms with van der Waals surface area (Å²) in [6, 6.07) is 0. The lowest BCUT2D eigenvalue weighted by atomic mass is 9.78. The van der Waals surface area contributed by atoms with E-state index in [0.29, 0.717) is 12.0 Å². The van der Waals surface area contributed by atoms with Gasteiger partial charge in [-0.05, 0) is 19.8 Å². The first-order valence-corrected chi connectivity index (χ1v) is 6.31. The number of carboxylic acid groups (broad SMARTS) is 1. The second-order valence-corrected chi connectivity index (χ2v) is 4.61. The lowest BCUT2D eigenvalue weighted by Gasteiger charge is -2.26. The molecule has 0 radical (unpaired) electrons. The van der Waals surface area contributed by atoms with Gasteiger partial charge in [-0.2, -0.15) is 0 Å². The molecular weight excluding hydrogens is 276 g/mol. The Morgan fingerprint density at radius 1 is 1.24 bits per heavy atom. The van der Waals surface area contributed by atoms with E-state index in [4.69, 9.17) is 11.5 Å².